The zero-order chi connectivity index (χ0) is 21.0. The van der Waals surface area contributed by atoms with Crippen LogP contribution in [0.15, 0.2) is 52.6 Å². The largest absolute Gasteiger partial charge is 0.308 e. The third-order valence-electron chi connectivity index (χ3n) is 5.50. The van der Waals surface area contributed by atoms with Gasteiger partial charge >= 0.3 is 0 Å². The van der Waals surface area contributed by atoms with Crippen molar-refractivity contribution in [2.45, 2.75) is 20.4 Å². The van der Waals surface area contributed by atoms with Gasteiger partial charge in [0.15, 0.2) is 0 Å². The summed E-state index contributed by atoms with van der Waals surface area (Å²) >= 11 is 1.37. The molecule has 2 aromatic heterocycles. The molecule has 6 nitrogen and oxygen atoms in total. The number of thiophene rings is 1. The molecule has 5 rings (SSSR count). The van der Waals surface area contributed by atoms with Crippen molar-refractivity contribution in [2.75, 3.05) is 0 Å². The SMILES string of the molecule is Cc1ccc(-c2csc3nc(CN4C(=O)c5ccccc5C4=O)[nH]c(=O)c23)cc1C. The lowest BCUT2D eigenvalue weighted by molar-refractivity contribution is 0.0638. The van der Waals surface area contributed by atoms with Gasteiger partial charge in [0.1, 0.15) is 10.7 Å². The molecule has 0 bridgehead atoms. The van der Waals surface area contributed by atoms with Gasteiger partial charge in [0.2, 0.25) is 0 Å². The van der Waals surface area contributed by atoms with Crippen LogP contribution in [0.25, 0.3) is 21.3 Å². The number of fused-ring (bicyclic) bond motifs is 2. The van der Waals surface area contributed by atoms with Crippen molar-refractivity contribution < 1.29 is 9.59 Å². The van der Waals surface area contributed by atoms with Gasteiger partial charge < -0.3 is 4.98 Å². The van der Waals surface area contributed by atoms with Gasteiger partial charge in [-0.1, -0.05) is 30.3 Å². The summed E-state index contributed by atoms with van der Waals surface area (Å²) in [5, 5.41) is 2.44. The fourth-order valence-electron chi connectivity index (χ4n) is 3.72. The zero-order valence-electron chi connectivity index (χ0n) is 16.4. The number of benzene rings is 2. The normalized spacial score (nSPS) is 13.3. The van der Waals surface area contributed by atoms with Crippen molar-refractivity contribution in [1.82, 2.24) is 14.9 Å². The first kappa shape index (κ1) is 18.4. The van der Waals surface area contributed by atoms with Crippen molar-refractivity contribution in [3.05, 3.63) is 86.3 Å². The molecular formula is C23H17N3O3S. The first-order valence-corrected chi connectivity index (χ1v) is 10.4. The van der Waals surface area contributed by atoms with E-state index in [9.17, 15) is 14.4 Å². The Morgan fingerprint density at radius 3 is 2.30 bits per heavy atom. The molecular weight excluding hydrogens is 398 g/mol. The van der Waals surface area contributed by atoms with E-state index in [-0.39, 0.29) is 29.7 Å². The third kappa shape index (κ3) is 2.78. The minimum atomic E-state index is -0.375. The summed E-state index contributed by atoms with van der Waals surface area (Å²) in [4.78, 5) is 47.1. The van der Waals surface area contributed by atoms with E-state index in [1.54, 1.807) is 24.3 Å². The molecule has 2 amide bonds. The molecule has 0 saturated heterocycles. The van der Waals surface area contributed by atoms with Gasteiger partial charge in [-0.3, -0.25) is 19.3 Å². The molecule has 1 aliphatic rings. The number of aromatic nitrogens is 2. The monoisotopic (exact) mass is 415 g/mol. The molecule has 4 aromatic rings. The number of H-pyrrole nitrogens is 1. The number of rotatable bonds is 3. The summed E-state index contributed by atoms with van der Waals surface area (Å²) in [7, 11) is 0. The fraction of sp³-hybridized carbons (Fsp3) is 0.130. The van der Waals surface area contributed by atoms with Gasteiger partial charge in [-0.2, -0.15) is 0 Å². The van der Waals surface area contributed by atoms with Crippen LogP contribution in [-0.4, -0.2) is 26.7 Å². The number of nitrogens with one attached hydrogen (secondary N) is 1. The molecule has 0 unspecified atom stereocenters. The molecule has 0 aliphatic carbocycles. The lowest BCUT2D eigenvalue weighted by Crippen LogP contribution is -2.30. The summed E-state index contributed by atoms with van der Waals surface area (Å²) in [5.74, 6) is -0.462. The van der Waals surface area contributed by atoms with Crippen LogP contribution in [0.1, 0.15) is 37.7 Å². The highest BCUT2D eigenvalue weighted by Crippen LogP contribution is 2.32. The van der Waals surface area contributed by atoms with E-state index in [2.05, 4.69) is 16.0 Å². The van der Waals surface area contributed by atoms with Crippen LogP contribution in [-0.2, 0) is 6.54 Å². The Morgan fingerprint density at radius 1 is 0.933 bits per heavy atom. The Balaban J connectivity index is 1.52. The molecule has 0 radical (unpaired) electrons. The number of nitrogens with zero attached hydrogens (tertiary/aromatic N) is 2. The van der Waals surface area contributed by atoms with Crippen LogP contribution >= 0.6 is 11.3 Å². The lowest BCUT2D eigenvalue weighted by Gasteiger charge is -2.13. The maximum Gasteiger partial charge on any atom is 0.261 e. The summed E-state index contributed by atoms with van der Waals surface area (Å²) < 4.78 is 0. The minimum Gasteiger partial charge on any atom is -0.308 e. The predicted octanol–water partition coefficient (Wildman–Crippen LogP) is 4.06. The smallest absolute Gasteiger partial charge is 0.261 e. The lowest BCUT2D eigenvalue weighted by atomic mass is 10.0. The number of aryl methyl sites for hydroxylation is 2. The van der Waals surface area contributed by atoms with Crippen molar-refractivity contribution in [3.8, 4) is 11.1 Å². The number of aromatic amines is 1. The Labute approximate surface area is 175 Å². The third-order valence-corrected chi connectivity index (χ3v) is 6.37. The predicted molar refractivity (Wildman–Crippen MR) is 116 cm³/mol. The summed E-state index contributed by atoms with van der Waals surface area (Å²) in [5.41, 5.74) is 4.61. The van der Waals surface area contributed by atoms with Gasteiger partial charge in [-0.25, -0.2) is 4.98 Å². The van der Waals surface area contributed by atoms with Gasteiger partial charge in [0.05, 0.1) is 23.1 Å². The Hall–Kier alpha value is -3.58. The summed E-state index contributed by atoms with van der Waals surface area (Å²) in [6.07, 6.45) is 0. The summed E-state index contributed by atoms with van der Waals surface area (Å²) in [6.45, 7) is 4.01. The Bertz CT molecular complexity index is 1380. The van der Waals surface area contributed by atoms with Crippen molar-refractivity contribution >= 4 is 33.4 Å². The average molecular weight is 415 g/mol. The summed E-state index contributed by atoms with van der Waals surface area (Å²) in [6, 6.07) is 12.8. The fourth-order valence-corrected chi connectivity index (χ4v) is 4.69. The first-order chi connectivity index (χ1) is 14.4. The molecule has 1 N–H and O–H groups in total. The van der Waals surface area contributed by atoms with Crippen LogP contribution in [0.3, 0.4) is 0 Å². The number of carbonyl (C=O) groups is 2. The molecule has 30 heavy (non-hydrogen) atoms. The van der Waals surface area contributed by atoms with E-state index in [1.165, 1.54) is 16.9 Å². The van der Waals surface area contributed by atoms with E-state index in [0.717, 1.165) is 21.6 Å². The highest BCUT2D eigenvalue weighted by atomic mass is 32.1. The zero-order valence-corrected chi connectivity index (χ0v) is 17.2. The Kier molecular flexibility index (Phi) is 4.15. The number of amides is 2. The van der Waals surface area contributed by atoms with Gasteiger partial charge in [-0.15, -0.1) is 11.3 Å². The average Bonchev–Trinajstić information content (AvgIpc) is 3.26. The molecule has 148 valence electrons. The second kappa shape index (κ2) is 6.74. The molecule has 0 spiro atoms. The van der Waals surface area contributed by atoms with Gasteiger partial charge in [-0.05, 0) is 42.7 Å². The highest BCUT2D eigenvalue weighted by molar-refractivity contribution is 7.17. The second-order valence-corrected chi connectivity index (χ2v) is 8.24. The maximum atomic E-state index is 12.9. The van der Waals surface area contributed by atoms with Crippen molar-refractivity contribution in [1.29, 1.82) is 0 Å². The number of carbonyl (C=O) groups excluding carboxylic acids is 2. The maximum absolute atomic E-state index is 12.9. The van der Waals surface area contributed by atoms with E-state index in [4.69, 9.17) is 0 Å². The van der Waals surface area contributed by atoms with E-state index in [0.29, 0.717) is 21.3 Å². The van der Waals surface area contributed by atoms with Crippen LogP contribution in [0.5, 0.6) is 0 Å². The molecule has 1 aliphatic heterocycles. The molecule has 2 aromatic carbocycles. The topological polar surface area (TPSA) is 83.1 Å². The number of hydrogen-bond donors (Lipinski definition) is 1. The first-order valence-electron chi connectivity index (χ1n) is 9.47. The minimum absolute atomic E-state index is 0.0750. The molecule has 0 atom stereocenters. The van der Waals surface area contributed by atoms with Crippen LogP contribution in [0.4, 0.5) is 0 Å². The van der Waals surface area contributed by atoms with Gasteiger partial charge in [0, 0.05) is 10.9 Å². The molecule has 0 saturated carbocycles. The van der Waals surface area contributed by atoms with E-state index in [1.807, 2.05) is 31.4 Å². The standard InChI is InChI=1S/C23H17N3O3S/c1-12-7-8-14(9-13(12)2)17-11-30-21-19(17)20(27)24-18(25-21)10-26-22(28)15-5-3-4-6-16(15)23(26)29/h3-9,11H,10H2,1-2H3,(H,24,25,27). The van der Waals surface area contributed by atoms with Crippen molar-refractivity contribution in [2.24, 2.45) is 0 Å². The molecule has 7 heteroatoms. The van der Waals surface area contributed by atoms with E-state index < -0.39 is 0 Å². The quantitative estimate of drug-likeness (QED) is 0.512. The highest BCUT2D eigenvalue weighted by Gasteiger charge is 2.35. The van der Waals surface area contributed by atoms with E-state index >= 15 is 0 Å². The Morgan fingerprint density at radius 2 is 1.63 bits per heavy atom. The van der Waals surface area contributed by atoms with Crippen LogP contribution < -0.4 is 5.56 Å². The van der Waals surface area contributed by atoms with Crippen LogP contribution in [0.2, 0.25) is 0 Å². The molecule has 0 fully saturated rings. The molecule has 3 heterocycles. The number of imide groups is 1. The van der Waals surface area contributed by atoms with Crippen molar-refractivity contribution in [3.63, 3.8) is 0 Å². The van der Waals surface area contributed by atoms with Crippen LogP contribution in [0, 0.1) is 13.8 Å². The number of hydrogen-bond acceptors (Lipinski definition) is 5. The second-order valence-electron chi connectivity index (χ2n) is 7.38. The van der Waals surface area contributed by atoms with Gasteiger partial charge in [0.25, 0.3) is 17.4 Å².